The first-order valence-corrected chi connectivity index (χ1v) is 15.0. The molecule has 0 unspecified atom stereocenters. The number of benzene rings is 3. The summed E-state index contributed by atoms with van der Waals surface area (Å²) < 4.78 is 69.1. The predicted molar refractivity (Wildman–Crippen MR) is 168 cm³/mol. The van der Waals surface area contributed by atoms with Crippen molar-refractivity contribution in [2.45, 2.75) is 39.0 Å². The van der Waals surface area contributed by atoms with E-state index in [1.165, 1.54) is 41.7 Å². The molecule has 1 saturated heterocycles. The van der Waals surface area contributed by atoms with Gasteiger partial charge in [-0.1, -0.05) is 68.1 Å². The molecule has 0 bridgehead atoms. The molecule has 5 rings (SSSR count). The van der Waals surface area contributed by atoms with Crippen molar-refractivity contribution in [3.8, 4) is 22.8 Å². The Morgan fingerprint density at radius 1 is 1.02 bits per heavy atom. The molecule has 1 N–H and O–H groups in total. The highest BCUT2D eigenvalue weighted by Gasteiger charge is 2.61. The number of rotatable bonds is 9. The largest absolute Gasteiger partial charge is 0.499 e. The van der Waals surface area contributed by atoms with E-state index in [1.54, 1.807) is 29.2 Å². The minimum Gasteiger partial charge on any atom is -0.426 e. The fraction of sp³-hybridized carbons (Fsp3) is 0.226. The van der Waals surface area contributed by atoms with Crippen molar-refractivity contribution in [1.82, 2.24) is 14.8 Å². The zero-order valence-electron chi connectivity index (χ0n) is 25.0. The molecule has 3 aromatic carbocycles. The highest BCUT2D eigenvalue weighted by molar-refractivity contribution is 8.15. The molecule has 1 aromatic heterocycles. The first kappa shape index (κ1) is 33.2. The van der Waals surface area contributed by atoms with Gasteiger partial charge in [0, 0.05) is 12.5 Å². The third kappa shape index (κ3) is 7.48. The highest BCUT2D eigenvalue weighted by Crippen LogP contribution is 2.37. The Balaban J connectivity index is 1.34. The van der Waals surface area contributed by atoms with Crippen LogP contribution in [0.15, 0.2) is 83.0 Å². The van der Waals surface area contributed by atoms with Crippen LogP contribution in [0.4, 0.5) is 33.6 Å². The van der Waals surface area contributed by atoms with Gasteiger partial charge in [0.25, 0.3) is 0 Å². The van der Waals surface area contributed by atoms with Gasteiger partial charge in [0.15, 0.2) is 11.0 Å². The Kier molecular flexibility index (Phi) is 9.42. The maximum Gasteiger partial charge on any atom is 0.499 e. The normalized spacial score (nSPS) is 14.9. The van der Waals surface area contributed by atoms with Crippen molar-refractivity contribution in [2.24, 2.45) is 10.2 Å². The van der Waals surface area contributed by atoms with Crippen LogP contribution in [-0.4, -0.2) is 56.0 Å². The number of nitrogens with zero attached hydrogens (tertiary/aromatic N) is 6. The molecule has 2 heterocycles. The quantitative estimate of drug-likeness (QED) is 0.116. The topological polar surface area (TPSA) is 114 Å². The molecule has 1 fully saturated rings. The summed E-state index contributed by atoms with van der Waals surface area (Å²) in [6.07, 6.45) is -9.75. The van der Waals surface area contributed by atoms with E-state index in [4.69, 9.17) is 0 Å². The maximum atomic E-state index is 13.3. The minimum atomic E-state index is -5.89. The SMILES string of the molecule is CC(=O)Nc1nc(-c2ccc(C=NN=C3SCC(=O)N3c3ccccc3C(C)C)cc2)nn1-c1ccc(OC(F)(F)C(F)(F)F)cc1. The minimum absolute atomic E-state index is 0.0181. The summed E-state index contributed by atoms with van der Waals surface area (Å²) in [5.74, 6) is -0.675. The van der Waals surface area contributed by atoms with Gasteiger partial charge in [0.05, 0.1) is 23.3 Å². The van der Waals surface area contributed by atoms with Gasteiger partial charge in [-0.3, -0.25) is 19.8 Å². The lowest BCUT2D eigenvalue weighted by atomic mass is 10.0. The molecular formula is C31H26F5N7O3S. The average Bonchev–Trinajstić information content (AvgIpc) is 3.59. The lowest BCUT2D eigenvalue weighted by molar-refractivity contribution is -0.360. The number of anilines is 2. The number of hydrogen-bond donors (Lipinski definition) is 1. The molecule has 1 aliphatic heterocycles. The second kappa shape index (κ2) is 13.3. The molecular weight excluding hydrogens is 645 g/mol. The first-order valence-electron chi connectivity index (χ1n) is 14.0. The van der Waals surface area contributed by atoms with Crippen molar-refractivity contribution >= 4 is 46.6 Å². The monoisotopic (exact) mass is 671 g/mol. The fourth-order valence-electron chi connectivity index (χ4n) is 4.43. The van der Waals surface area contributed by atoms with Crippen LogP contribution in [0.5, 0.6) is 5.75 Å². The van der Waals surface area contributed by atoms with Gasteiger partial charge in [-0.15, -0.1) is 10.2 Å². The summed E-state index contributed by atoms with van der Waals surface area (Å²) in [6.45, 7) is 5.35. The van der Waals surface area contributed by atoms with Gasteiger partial charge in [0.1, 0.15) is 5.75 Å². The van der Waals surface area contributed by atoms with Crippen LogP contribution >= 0.6 is 11.8 Å². The van der Waals surface area contributed by atoms with Crippen LogP contribution in [0.2, 0.25) is 0 Å². The maximum absolute atomic E-state index is 13.3. The molecule has 47 heavy (non-hydrogen) atoms. The third-order valence-corrected chi connectivity index (χ3v) is 7.55. The number of carbonyl (C=O) groups is 2. The van der Waals surface area contributed by atoms with E-state index in [9.17, 15) is 31.5 Å². The number of hydrogen-bond acceptors (Lipinski definition) is 8. The molecule has 0 aliphatic carbocycles. The summed E-state index contributed by atoms with van der Waals surface area (Å²) in [5, 5.41) is 15.8. The van der Waals surface area contributed by atoms with Gasteiger partial charge in [0.2, 0.25) is 17.8 Å². The van der Waals surface area contributed by atoms with Crippen molar-refractivity contribution in [2.75, 3.05) is 16.0 Å². The Hall–Kier alpha value is -5.12. The number of thioether (sulfide) groups is 1. The third-order valence-electron chi connectivity index (χ3n) is 6.64. The number of amidine groups is 1. The molecule has 244 valence electrons. The molecule has 0 saturated carbocycles. The molecule has 0 spiro atoms. The van der Waals surface area contributed by atoms with Crippen molar-refractivity contribution in [1.29, 1.82) is 0 Å². The van der Waals surface area contributed by atoms with Gasteiger partial charge >= 0.3 is 12.3 Å². The molecule has 2 amide bonds. The summed E-state index contributed by atoms with van der Waals surface area (Å²) in [5.41, 5.74) is 3.20. The molecule has 1 aliphatic rings. The standard InChI is InChI=1S/C31H26F5N7O3S/c1-18(2)24-6-4-5-7-25(24)42-26(45)17-47-29(42)40-37-16-20-8-10-21(11-9-20)27-39-28(38-19(3)44)43(41-27)22-12-14-23(15-13-22)46-31(35,36)30(32,33)34/h4-16,18H,17H2,1-3H3,(H,38,39,41,44). The van der Waals surface area contributed by atoms with Crippen molar-refractivity contribution in [3.05, 3.63) is 83.9 Å². The number of ether oxygens (including phenoxy) is 1. The summed E-state index contributed by atoms with van der Waals surface area (Å²) in [4.78, 5) is 30.4. The van der Waals surface area contributed by atoms with E-state index < -0.39 is 23.9 Å². The number of amides is 2. The number of para-hydroxylation sites is 1. The van der Waals surface area contributed by atoms with Gasteiger partial charge in [-0.05, 0) is 47.4 Å². The number of halogens is 5. The predicted octanol–water partition coefficient (Wildman–Crippen LogP) is 7.02. The van der Waals surface area contributed by atoms with E-state index in [-0.39, 0.29) is 35.0 Å². The molecule has 10 nitrogen and oxygen atoms in total. The van der Waals surface area contributed by atoms with Gasteiger partial charge in [-0.2, -0.15) is 36.7 Å². The van der Waals surface area contributed by atoms with Crippen LogP contribution < -0.4 is 15.0 Å². The van der Waals surface area contributed by atoms with E-state index in [1.807, 2.05) is 24.3 Å². The Labute approximate surface area is 269 Å². The van der Waals surface area contributed by atoms with Crippen LogP contribution in [0, 0.1) is 0 Å². The molecule has 4 aromatic rings. The summed E-state index contributed by atoms with van der Waals surface area (Å²) in [6, 6.07) is 18.7. The van der Waals surface area contributed by atoms with Crippen molar-refractivity contribution in [3.63, 3.8) is 0 Å². The summed E-state index contributed by atoms with van der Waals surface area (Å²) >= 11 is 1.30. The first-order chi connectivity index (χ1) is 22.2. The van der Waals surface area contributed by atoms with Crippen LogP contribution in [0.1, 0.15) is 37.8 Å². The average molecular weight is 672 g/mol. The zero-order valence-corrected chi connectivity index (χ0v) is 25.8. The van der Waals surface area contributed by atoms with Crippen LogP contribution in [0.25, 0.3) is 17.1 Å². The lowest BCUT2D eigenvalue weighted by Crippen LogP contribution is -2.41. The molecule has 0 atom stereocenters. The highest BCUT2D eigenvalue weighted by atomic mass is 32.2. The second-order valence-electron chi connectivity index (χ2n) is 10.4. The van der Waals surface area contributed by atoms with Crippen LogP contribution in [-0.2, 0) is 9.59 Å². The smallest absolute Gasteiger partial charge is 0.426 e. The Bertz CT molecular complexity index is 1840. The summed E-state index contributed by atoms with van der Waals surface area (Å²) in [7, 11) is 0. The van der Waals surface area contributed by atoms with Crippen molar-refractivity contribution < 1.29 is 36.3 Å². The lowest BCUT2D eigenvalue weighted by Gasteiger charge is -2.20. The Morgan fingerprint density at radius 3 is 2.34 bits per heavy atom. The fourth-order valence-corrected chi connectivity index (χ4v) is 5.25. The number of aromatic nitrogens is 3. The van der Waals surface area contributed by atoms with Gasteiger partial charge < -0.3 is 4.74 Å². The van der Waals surface area contributed by atoms with E-state index in [0.29, 0.717) is 16.3 Å². The number of nitrogens with one attached hydrogen (secondary N) is 1. The second-order valence-corrected chi connectivity index (χ2v) is 11.4. The van der Waals surface area contributed by atoms with Crippen LogP contribution in [0.3, 0.4) is 0 Å². The number of alkyl halides is 5. The molecule has 16 heteroatoms. The zero-order chi connectivity index (χ0) is 33.9. The number of carbonyl (C=O) groups excluding carboxylic acids is 2. The van der Waals surface area contributed by atoms with E-state index in [0.717, 1.165) is 23.4 Å². The van der Waals surface area contributed by atoms with E-state index in [2.05, 4.69) is 44.2 Å². The Morgan fingerprint density at radius 2 is 1.70 bits per heavy atom. The molecule has 0 radical (unpaired) electrons. The van der Waals surface area contributed by atoms with Gasteiger partial charge in [-0.25, -0.2) is 0 Å². The van der Waals surface area contributed by atoms with E-state index >= 15 is 0 Å².